The molecule has 1 saturated heterocycles. The van der Waals surface area contributed by atoms with Gasteiger partial charge >= 0.3 is 0 Å². The van der Waals surface area contributed by atoms with Gasteiger partial charge in [-0.3, -0.25) is 14.5 Å². The van der Waals surface area contributed by atoms with Crippen molar-refractivity contribution in [1.82, 2.24) is 20.1 Å². The maximum atomic E-state index is 12.8. The van der Waals surface area contributed by atoms with Crippen LogP contribution in [0.1, 0.15) is 26.4 Å². The third-order valence-corrected chi connectivity index (χ3v) is 5.27. The van der Waals surface area contributed by atoms with Crippen molar-refractivity contribution in [1.29, 1.82) is 0 Å². The quantitative estimate of drug-likeness (QED) is 0.735. The van der Waals surface area contributed by atoms with Crippen LogP contribution >= 0.6 is 0 Å². The first-order valence-corrected chi connectivity index (χ1v) is 9.54. The number of hydrogen-bond acceptors (Lipinski definition) is 3. The Kier molecular flexibility index (Phi) is 5.12. The lowest BCUT2D eigenvalue weighted by Gasteiger charge is -2.34. The summed E-state index contributed by atoms with van der Waals surface area (Å²) in [5.41, 5.74) is 3.48. The van der Waals surface area contributed by atoms with Gasteiger partial charge in [0, 0.05) is 56.2 Å². The number of aromatic nitrogens is 1. The molecule has 4 rings (SSSR count). The molecule has 2 heterocycles. The molecule has 0 aliphatic carbocycles. The van der Waals surface area contributed by atoms with E-state index in [0.717, 1.165) is 30.5 Å². The van der Waals surface area contributed by atoms with Crippen molar-refractivity contribution < 1.29 is 9.59 Å². The Morgan fingerprint density at radius 1 is 1.00 bits per heavy atom. The van der Waals surface area contributed by atoms with Crippen molar-refractivity contribution in [2.24, 2.45) is 0 Å². The van der Waals surface area contributed by atoms with Gasteiger partial charge in [-0.05, 0) is 29.8 Å². The van der Waals surface area contributed by atoms with E-state index >= 15 is 0 Å². The summed E-state index contributed by atoms with van der Waals surface area (Å²) in [6.07, 6.45) is 0. The Hall–Kier alpha value is -3.12. The van der Waals surface area contributed by atoms with Crippen LogP contribution in [-0.4, -0.2) is 59.8 Å². The fourth-order valence-corrected chi connectivity index (χ4v) is 3.63. The Labute approximate surface area is 164 Å². The third-order valence-electron chi connectivity index (χ3n) is 5.27. The summed E-state index contributed by atoms with van der Waals surface area (Å²) >= 11 is 0. The van der Waals surface area contributed by atoms with Crippen LogP contribution in [-0.2, 0) is 6.54 Å². The molecule has 1 aliphatic heterocycles. The van der Waals surface area contributed by atoms with Crippen LogP contribution in [0, 0.1) is 0 Å². The third kappa shape index (κ3) is 3.77. The average Bonchev–Trinajstić information content (AvgIpc) is 3.18. The number of carbonyl (C=O) groups excluding carboxylic acids is 2. The normalized spacial score (nSPS) is 15.0. The molecule has 0 bridgehead atoms. The number of hydrogen-bond donors (Lipinski definition) is 2. The van der Waals surface area contributed by atoms with E-state index in [1.54, 1.807) is 7.05 Å². The first kappa shape index (κ1) is 18.3. The first-order chi connectivity index (χ1) is 13.6. The van der Waals surface area contributed by atoms with Crippen LogP contribution in [0.4, 0.5) is 0 Å². The molecule has 3 aromatic rings. The Morgan fingerprint density at radius 3 is 2.39 bits per heavy atom. The van der Waals surface area contributed by atoms with E-state index in [2.05, 4.69) is 15.2 Å². The topological polar surface area (TPSA) is 68.4 Å². The molecular weight excluding hydrogens is 352 g/mol. The minimum atomic E-state index is -0.0735. The number of piperazine rings is 1. The van der Waals surface area contributed by atoms with Crippen molar-refractivity contribution >= 4 is 22.7 Å². The highest BCUT2D eigenvalue weighted by Gasteiger charge is 2.23. The lowest BCUT2D eigenvalue weighted by molar-refractivity contribution is 0.0623. The molecule has 0 atom stereocenters. The van der Waals surface area contributed by atoms with Gasteiger partial charge in [0.1, 0.15) is 5.69 Å². The van der Waals surface area contributed by atoms with Crippen LogP contribution in [0.15, 0.2) is 54.6 Å². The van der Waals surface area contributed by atoms with Crippen molar-refractivity contribution in [3.63, 3.8) is 0 Å². The maximum Gasteiger partial charge on any atom is 0.270 e. The average molecular weight is 376 g/mol. The van der Waals surface area contributed by atoms with Gasteiger partial charge in [-0.2, -0.15) is 0 Å². The summed E-state index contributed by atoms with van der Waals surface area (Å²) in [4.78, 5) is 31.9. The molecule has 144 valence electrons. The van der Waals surface area contributed by atoms with Crippen LogP contribution in [0.5, 0.6) is 0 Å². The highest BCUT2D eigenvalue weighted by Crippen LogP contribution is 2.17. The number of aromatic amines is 1. The largest absolute Gasteiger partial charge is 0.355 e. The molecule has 0 spiro atoms. The monoisotopic (exact) mass is 376 g/mol. The second kappa shape index (κ2) is 7.86. The number of para-hydroxylation sites is 1. The zero-order valence-corrected chi connectivity index (χ0v) is 15.9. The van der Waals surface area contributed by atoms with E-state index in [-0.39, 0.29) is 11.8 Å². The molecule has 2 N–H and O–H groups in total. The van der Waals surface area contributed by atoms with E-state index in [4.69, 9.17) is 0 Å². The van der Waals surface area contributed by atoms with E-state index in [9.17, 15) is 9.59 Å². The molecule has 0 unspecified atom stereocenters. The Bertz CT molecular complexity index is 952. The number of nitrogens with zero attached hydrogens (tertiary/aromatic N) is 2. The Balaban J connectivity index is 1.34. The number of rotatable bonds is 4. The van der Waals surface area contributed by atoms with Crippen LogP contribution in [0.25, 0.3) is 10.9 Å². The van der Waals surface area contributed by atoms with Gasteiger partial charge in [0.2, 0.25) is 0 Å². The second-order valence-corrected chi connectivity index (χ2v) is 7.11. The van der Waals surface area contributed by atoms with Gasteiger partial charge in [0.15, 0.2) is 0 Å². The minimum Gasteiger partial charge on any atom is -0.355 e. The number of carbonyl (C=O) groups is 2. The molecule has 1 fully saturated rings. The van der Waals surface area contributed by atoms with Gasteiger partial charge in [-0.25, -0.2) is 0 Å². The number of nitrogens with one attached hydrogen (secondary N) is 2. The van der Waals surface area contributed by atoms with E-state index in [1.165, 1.54) is 5.56 Å². The fraction of sp³-hybridized carbons (Fsp3) is 0.273. The highest BCUT2D eigenvalue weighted by atomic mass is 16.2. The molecule has 2 amide bonds. The molecule has 0 saturated carbocycles. The van der Waals surface area contributed by atoms with Crippen LogP contribution in [0.2, 0.25) is 0 Å². The molecule has 1 aliphatic rings. The molecule has 6 nitrogen and oxygen atoms in total. The van der Waals surface area contributed by atoms with Gasteiger partial charge in [-0.1, -0.05) is 30.3 Å². The molecular formula is C22H24N4O2. The van der Waals surface area contributed by atoms with E-state index in [0.29, 0.717) is 24.3 Å². The van der Waals surface area contributed by atoms with Gasteiger partial charge in [0.25, 0.3) is 11.8 Å². The molecule has 28 heavy (non-hydrogen) atoms. The molecule has 6 heteroatoms. The van der Waals surface area contributed by atoms with Crippen LogP contribution < -0.4 is 5.32 Å². The smallest absolute Gasteiger partial charge is 0.270 e. The summed E-state index contributed by atoms with van der Waals surface area (Å²) in [6.45, 7) is 3.92. The van der Waals surface area contributed by atoms with Crippen molar-refractivity contribution in [2.45, 2.75) is 6.54 Å². The van der Waals surface area contributed by atoms with Crippen LogP contribution in [0.3, 0.4) is 0 Å². The summed E-state index contributed by atoms with van der Waals surface area (Å²) in [5, 5.41) is 3.69. The van der Waals surface area contributed by atoms with Gasteiger partial charge in [-0.15, -0.1) is 0 Å². The van der Waals surface area contributed by atoms with E-state index in [1.807, 2.05) is 59.5 Å². The fourth-order valence-electron chi connectivity index (χ4n) is 3.63. The molecule has 2 aromatic carbocycles. The number of H-pyrrole nitrogens is 1. The summed E-state index contributed by atoms with van der Waals surface area (Å²) in [5.74, 6) is -0.0126. The predicted octanol–water partition coefficient (Wildman–Crippen LogP) is 2.49. The van der Waals surface area contributed by atoms with Gasteiger partial charge in [0.05, 0.1) is 0 Å². The SMILES string of the molecule is CNC(=O)c1ccc(CN2CCN(C(=O)c3cc4ccccc4[nH]3)CC2)cc1. The maximum absolute atomic E-state index is 12.8. The zero-order chi connectivity index (χ0) is 19.5. The van der Waals surface area contributed by atoms with E-state index < -0.39 is 0 Å². The van der Waals surface area contributed by atoms with Gasteiger partial charge < -0.3 is 15.2 Å². The molecule has 0 radical (unpaired) electrons. The molecule has 1 aromatic heterocycles. The zero-order valence-electron chi connectivity index (χ0n) is 15.9. The lowest BCUT2D eigenvalue weighted by atomic mass is 10.1. The van der Waals surface area contributed by atoms with Crippen molar-refractivity contribution in [3.8, 4) is 0 Å². The predicted molar refractivity (Wildman–Crippen MR) is 109 cm³/mol. The summed E-state index contributed by atoms with van der Waals surface area (Å²) in [6, 6.07) is 17.6. The van der Waals surface area contributed by atoms with Crippen molar-refractivity contribution in [3.05, 3.63) is 71.4 Å². The standard InChI is InChI=1S/C22H24N4O2/c1-23-21(27)17-8-6-16(7-9-17)15-25-10-12-26(13-11-25)22(28)20-14-18-4-2-3-5-19(18)24-20/h2-9,14,24H,10-13,15H2,1H3,(H,23,27). The number of amides is 2. The minimum absolute atomic E-state index is 0.0609. The number of benzene rings is 2. The first-order valence-electron chi connectivity index (χ1n) is 9.54. The second-order valence-electron chi connectivity index (χ2n) is 7.11. The highest BCUT2D eigenvalue weighted by molar-refractivity contribution is 5.98. The number of fused-ring (bicyclic) bond motifs is 1. The van der Waals surface area contributed by atoms with Crippen molar-refractivity contribution in [2.75, 3.05) is 33.2 Å². The summed E-state index contributed by atoms with van der Waals surface area (Å²) in [7, 11) is 1.63. The lowest BCUT2D eigenvalue weighted by Crippen LogP contribution is -2.48. The Morgan fingerprint density at radius 2 is 1.71 bits per heavy atom. The summed E-state index contributed by atoms with van der Waals surface area (Å²) < 4.78 is 0.